The van der Waals surface area contributed by atoms with Gasteiger partial charge in [0.1, 0.15) is 11.7 Å². The van der Waals surface area contributed by atoms with E-state index in [2.05, 4.69) is 4.98 Å². The van der Waals surface area contributed by atoms with E-state index in [0.717, 1.165) is 6.07 Å². The number of halogens is 3. The molecule has 0 saturated carbocycles. The van der Waals surface area contributed by atoms with Gasteiger partial charge in [0.15, 0.2) is 0 Å². The minimum atomic E-state index is -4.62. The lowest BCUT2D eigenvalue weighted by molar-refractivity contribution is -0.141. The fourth-order valence-corrected chi connectivity index (χ4v) is 3.91. The summed E-state index contributed by atoms with van der Waals surface area (Å²) in [5, 5.41) is 0. The second-order valence-electron chi connectivity index (χ2n) is 7.77. The zero-order chi connectivity index (χ0) is 22.3. The van der Waals surface area contributed by atoms with Crippen LogP contribution in [0.3, 0.4) is 0 Å². The second-order valence-corrected chi connectivity index (χ2v) is 7.77. The van der Waals surface area contributed by atoms with Crippen LogP contribution >= 0.6 is 0 Å². The number of fused-ring (bicyclic) bond motifs is 1. The van der Waals surface area contributed by atoms with Gasteiger partial charge < -0.3 is 18.6 Å². The molecule has 0 radical (unpaired) electrons. The van der Waals surface area contributed by atoms with Crippen LogP contribution in [0.1, 0.15) is 24.1 Å². The standard InChI is InChI=1S/C21H21F3N4O3/c1-26(2)20(30)17-4-3-6-28(17)18(29)9-15-11-27-10-14(13-5-7-31-12-13)8-16(19(27)25-15)21(22,23)24/h5,7-8,10-12,17H,3-4,6,9H2,1-2H3/t17-/m1/s1. The van der Waals surface area contributed by atoms with Crippen molar-refractivity contribution >= 4 is 17.5 Å². The summed E-state index contributed by atoms with van der Waals surface area (Å²) < 4.78 is 47.3. The smallest absolute Gasteiger partial charge is 0.420 e. The Morgan fingerprint density at radius 1 is 1.26 bits per heavy atom. The van der Waals surface area contributed by atoms with Gasteiger partial charge in [0.05, 0.1) is 30.2 Å². The molecule has 1 atom stereocenters. The number of rotatable bonds is 4. The highest BCUT2D eigenvalue weighted by molar-refractivity contribution is 5.88. The molecule has 10 heteroatoms. The third-order valence-electron chi connectivity index (χ3n) is 5.39. The average Bonchev–Trinajstić information content (AvgIpc) is 3.44. The molecule has 2 amide bonds. The summed E-state index contributed by atoms with van der Waals surface area (Å²) in [6.45, 7) is 0.439. The summed E-state index contributed by atoms with van der Waals surface area (Å²) in [4.78, 5) is 32.2. The Bertz CT molecular complexity index is 1120. The maximum atomic E-state index is 13.7. The van der Waals surface area contributed by atoms with Crippen LogP contribution in [0.4, 0.5) is 13.2 Å². The van der Waals surface area contributed by atoms with E-state index < -0.39 is 17.8 Å². The molecule has 164 valence electrons. The number of carbonyl (C=O) groups excluding carboxylic acids is 2. The molecule has 7 nitrogen and oxygen atoms in total. The Balaban J connectivity index is 1.66. The maximum Gasteiger partial charge on any atom is 0.420 e. The largest absolute Gasteiger partial charge is 0.472 e. The Kier molecular flexibility index (Phi) is 5.24. The van der Waals surface area contributed by atoms with Gasteiger partial charge in [-0.3, -0.25) is 9.59 Å². The van der Waals surface area contributed by atoms with Gasteiger partial charge in [-0.15, -0.1) is 0 Å². The van der Waals surface area contributed by atoms with E-state index >= 15 is 0 Å². The number of pyridine rings is 1. The third kappa shape index (κ3) is 4.01. The van der Waals surface area contributed by atoms with Crippen LogP contribution in [0.25, 0.3) is 16.8 Å². The normalized spacial score (nSPS) is 16.8. The Morgan fingerprint density at radius 3 is 2.68 bits per heavy atom. The number of amides is 2. The molecule has 3 aromatic heterocycles. The number of alkyl halides is 3. The molecule has 0 spiro atoms. The quantitative estimate of drug-likeness (QED) is 0.632. The Labute approximate surface area is 176 Å². The number of furan rings is 1. The van der Waals surface area contributed by atoms with Gasteiger partial charge in [0.25, 0.3) is 0 Å². The van der Waals surface area contributed by atoms with Crippen molar-refractivity contribution in [1.82, 2.24) is 19.2 Å². The topological polar surface area (TPSA) is 71.1 Å². The molecular weight excluding hydrogens is 413 g/mol. The van der Waals surface area contributed by atoms with E-state index in [1.165, 1.54) is 39.1 Å². The third-order valence-corrected chi connectivity index (χ3v) is 5.39. The zero-order valence-corrected chi connectivity index (χ0v) is 17.0. The van der Waals surface area contributed by atoms with Gasteiger partial charge in [-0.2, -0.15) is 13.2 Å². The van der Waals surface area contributed by atoms with Gasteiger partial charge in [-0.25, -0.2) is 4.98 Å². The average molecular weight is 434 g/mol. The number of likely N-dealkylation sites (tertiary alicyclic amines) is 1. The van der Waals surface area contributed by atoms with Crippen molar-refractivity contribution in [2.24, 2.45) is 0 Å². The second kappa shape index (κ2) is 7.75. The van der Waals surface area contributed by atoms with Crippen molar-refractivity contribution in [1.29, 1.82) is 0 Å². The van der Waals surface area contributed by atoms with Crippen molar-refractivity contribution in [2.45, 2.75) is 31.5 Å². The summed E-state index contributed by atoms with van der Waals surface area (Å²) in [5.41, 5.74) is -0.139. The van der Waals surface area contributed by atoms with E-state index in [-0.39, 0.29) is 29.6 Å². The van der Waals surface area contributed by atoms with E-state index in [1.54, 1.807) is 20.2 Å². The molecule has 0 bridgehead atoms. The minimum absolute atomic E-state index is 0.162. The molecule has 31 heavy (non-hydrogen) atoms. The van der Waals surface area contributed by atoms with Crippen LogP contribution in [0.15, 0.2) is 41.5 Å². The lowest BCUT2D eigenvalue weighted by Crippen LogP contribution is -2.46. The molecule has 0 N–H and O–H groups in total. The maximum absolute atomic E-state index is 13.7. The number of nitrogens with zero attached hydrogens (tertiary/aromatic N) is 4. The number of imidazole rings is 1. The molecule has 4 heterocycles. The van der Waals surface area contributed by atoms with Crippen LogP contribution in [0, 0.1) is 0 Å². The van der Waals surface area contributed by atoms with E-state index in [1.807, 2.05) is 0 Å². The molecule has 3 aromatic rings. The summed E-state index contributed by atoms with van der Waals surface area (Å²) in [6.07, 6.45) is 2.15. The van der Waals surface area contributed by atoms with Crippen LogP contribution in [0.5, 0.6) is 0 Å². The lowest BCUT2D eigenvalue weighted by atomic mass is 10.1. The van der Waals surface area contributed by atoms with Crippen LogP contribution in [-0.4, -0.2) is 57.7 Å². The summed E-state index contributed by atoms with van der Waals surface area (Å²) in [6, 6.07) is 2.04. The molecule has 4 rings (SSSR count). The van der Waals surface area contributed by atoms with E-state index in [0.29, 0.717) is 30.5 Å². The van der Waals surface area contributed by atoms with Crippen LogP contribution in [0.2, 0.25) is 0 Å². The van der Waals surface area contributed by atoms with E-state index in [9.17, 15) is 22.8 Å². The SMILES string of the molecule is CN(C)C(=O)[C@H]1CCCN1C(=O)Cc1cn2cc(-c3ccoc3)cc(C(F)(F)F)c2n1. The van der Waals surface area contributed by atoms with Crippen molar-refractivity contribution in [3.8, 4) is 11.1 Å². The molecule has 1 aliphatic rings. The lowest BCUT2D eigenvalue weighted by Gasteiger charge is -2.26. The number of likely N-dealkylation sites (N-methyl/N-ethyl adjacent to an activating group) is 1. The highest BCUT2D eigenvalue weighted by atomic mass is 19.4. The van der Waals surface area contributed by atoms with Gasteiger partial charge in [-0.05, 0) is 25.0 Å². The molecule has 0 aromatic carbocycles. The van der Waals surface area contributed by atoms with Gasteiger partial charge in [-0.1, -0.05) is 0 Å². The summed E-state index contributed by atoms with van der Waals surface area (Å²) in [5.74, 6) is -0.491. The van der Waals surface area contributed by atoms with Crippen molar-refractivity contribution in [2.75, 3.05) is 20.6 Å². The van der Waals surface area contributed by atoms with Crippen LogP contribution < -0.4 is 0 Å². The van der Waals surface area contributed by atoms with E-state index in [4.69, 9.17) is 4.42 Å². The first-order valence-electron chi connectivity index (χ1n) is 9.77. The fourth-order valence-electron chi connectivity index (χ4n) is 3.91. The first kappa shape index (κ1) is 21.0. The first-order valence-corrected chi connectivity index (χ1v) is 9.77. The van der Waals surface area contributed by atoms with Crippen molar-refractivity contribution in [3.63, 3.8) is 0 Å². The molecule has 0 unspecified atom stereocenters. The zero-order valence-electron chi connectivity index (χ0n) is 17.0. The Hall–Kier alpha value is -3.30. The first-order chi connectivity index (χ1) is 14.6. The molecule has 0 aliphatic carbocycles. The predicted octanol–water partition coefficient (Wildman–Crippen LogP) is 3.23. The minimum Gasteiger partial charge on any atom is -0.472 e. The number of hydrogen-bond donors (Lipinski definition) is 0. The fraction of sp³-hybridized carbons (Fsp3) is 0.381. The molecule has 1 saturated heterocycles. The molecule has 1 aliphatic heterocycles. The number of carbonyl (C=O) groups is 2. The predicted molar refractivity (Wildman–Crippen MR) is 105 cm³/mol. The summed E-state index contributed by atoms with van der Waals surface area (Å²) >= 11 is 0. The number of hydrogen-bond acceptors (Lipinski definition) is 4. The Morgan fingerprint density at radius 2 is 2.03 bits per heavy atom. The van der Waals surface area contributed by atoms with Gasteiger partial charge in [0.2, 0.25) is 11.8 Å². The highest BCUT2D eigenvalue weighted by Gasteiger charge is 2.36. The van der Waals surface area contributed by atoms with Gasteiger partial charge in [0, 0.05) is 44.2 Å². The summed E-state index contributed by atoms with van der Waals surface area (Å²) in [7, 11) is 3.25. The molecular formula is C21H21F3N4O3. The van der Waals surface area contributed by atoms with Crippen molar-refractivity contribution < 1.29 is 27.2 Å². The van der Waals surface area contributed by atoms with Crippen molar-refractivity contribution in [3.05, 3.63) is 48.3 Å². The van der Waals surface area contributed by atoms with Crippen LogP contribution in [-0.2, 0) is 22.2 Å². The monoisotopic (exact) mass is 434 g/mol. The molecule has 1 fully saturated rings. The number of aromatic nitrogens is 2. The highest BCUT2D eigenvalue weighted by Crippen LogP contribution is 2.35. The van der Waals surface area contributed by atoms with Gasteiger partial charge >= 0.3 is 6.18 Å².